The van der Waals surface area contributed by atoms with Crippen LogP contribution >= 0.6 is 0 Å². The molecule has 0 saturated carbocycles. The Morgan fingerprint density at radius 1 is 1.39 bits per heavy atom. The first-order valence-electron chi connectivity index (χ1n) is 7.15. The maximum Gasteiger partial charge on any atom is 0.257 e. The Labute approximate surface area is 131 Å². The first-order valence-corrected chi connectivity index (χ1v) is 7.15. The highest BCUT2D eigenvalue weighted by atomic mass is 16.5. The summed E-state index contributed by atoms with van der Waals surface area (Å²) in [6, 6.07) is 6.82. The summed E-state index contributed by atoms with van der Waals surface area (Å²) in [7, 11) is 0. The molecule has 3 heterocycles. The topological polar surface area (TPSA) is 97.2 Å². The van der Waals surface area contributed by atoms with Gasteiger partial charge in [0.05, 0.1) is 24.9 Å². The zero-order valence-electron chi connectivity index (χ0n) is 12.5. The summed E-state index contributed by atoms with van der Waals surface area (Å²) in [4.78, 5) is 31.7. The third-order valence-electron chi connectivity index (χ3n) is 3.24. The number of fused-ring (bicyclic) bond motifs is 1. The van der Waals surface area contributed by atoms with Crippen molar-refractivity contribution in [2.24, 2.45) is 0 Å². The molecule has 3 aromatic rings. The lowest BCUT2D eigenvalue weighted by molar-refractivity contribution is 0.0947. The number of aromatic nitrogens is 2. The second kappa shape index (κ2) is 6.35. The molecule has 0 aliphatic rings. The number of furan rings is 1. The first-order chi connectivity index (χ1) is 11.2. The van der Waals surface area contributed by atoms with E-state index in [4.69, 9.17) is 9.15 Å². The molecule has 2 N–H and O–H groups in total. The summed E-state index contributed by atoms with van der Waals surface area (Å²) in [6.07, 6.45) is 2.90. The molecule has 0 bridgehead atoms. The Kier molecular flexibility index (Phi) is 4.09. The lowest BCUT2D eigenvalue weighted by Crippen LogP contribution is -2.28. The van der Waals surface area contributed by atoms with Crippen LogP contribution in [0, 0.1) is 0 Å². The number of nitrogens with one attached hydrogen (secondary N) is 2. The number of carbonyl (C=O) groups excluding carboxylic acids is 1. The molecule has 3 aromatic heterocycles. The predicted octanol–water partition coefficient (Wildman–Crippen LogP) is 1.84. The van der Waals surface area contributed by atoms with Crippen LogP contribution in [-0.4, -0.2) is 22.5 Å². The number of rotatable bonds is 5. The molecular weight excluding hydrogens is 298 g/mol. The Morgan fingerprint density at radius 2 is 2.26 bits per heavy atom. The minimum atomic E-state index is -0.492. The van der Waals surface area contributed by atoms with Crippen LogP contribution in [0.4, 0.5) is 0 Å². The average Bonchev–Trinajstić information content (AvgIpc) is 3.07. The van der Waals surface area contributed by atoms with Crippen molar-refractivity contribution in [2.45, 2.75) is 13.5 Å². The van der Waals surface area contributed by atoms with Gasteiger partial charge in [-0.05, 0) is 25.1 Å². The number of aromatic amines is 1. The van der Waals surface area contributed by atoms with Crippen molar-refractivity contribution in [3.05, 3.63) is 58.3 Å². The number of nitrogens with zero attached hydrogens (tertiary/aromatic N) is 1. The van der Waals surface area contributed by atoms with Gasteiger partial charge >= 0.3 is 0 Å². The molecule has 0 aliphatic heterocycles. The molecule has 23 heavy (non-hydrogen) atoms. The smallest absolute Gasteiger partial charge is 0.257 e. The van der Waals surface area contributed by atoms with Crippen LogP contribution in [0.2, 0.25) is 0 Å². The van der Waals surface area contributed by atoms with Gasteiger partial charge in [-0.2, -0.15) is 0 Å². The third-order valence-corrected chi connectivity index (χ3v) is 3.24. The molecular formula is C16H15N3O4. The van der Waals surface area contributed by atoms with Crippen molar-refractivity contribution in [2.75, 3.05) is 6.61 Å². The van der Waals surface area contributed by atoms with Crippen molar-refractivity contribution in [3.8, 4) is 5.88 Å². The quantitative estimate of drug-likeness (QED) is 0.749. The van der Waals surface area contributed by atoms with E-state index in [1.165, 1.54) is 12.5 Å². The fourth-order valence-electron chi connectivity index (χ4n) is 2.15. The highest BCUT2D eigenvalue weighted by Gasteiger charge is 2.14. The van der Waals surface area contributed by atoms with Gasteiger partial charge in [0.15, 0.2) is 0 Å². The fraction of sp³-hybridized carbons (Fsp3) is 0.188. The third kappa shape index (κ3) is 3.08. The SMILES string of the molecule is CCOc1ccc2[nH]cc(C(=O)NCc3ccco3)c(=O)c2n1. The molecule has 0 aromatic carbocycles. The highest BCUT2D eigenvalue weighted by molar-refractivity contribution is 5.96. The second-order valence-electron chi connectivity index (χ2n) is 4.77. The second-order valence-corrected chi connectivity index (χ2v) is 4.77. The molecule has 7 heteroatoms. The molecule has 0 spiro atoms. The van der Waals surface area contributed by atoms with Gasteiger partial charge in [-0.25, -0.2) is 4.98 Å². The fourth-order valence-corrected chi connectivity index (χ4v) is 2.15. The average molecular weight is 313 g/mol. The molecule has 0 unspecified atom stereocenters. The Hall–Kier alpha value is -3.09. The molecule has 3 rings (SSSR count). The summed E-state index contributed by atoms with van der Waals surface area (Å²) < 4.78 is 10.4. The Bertz CT molecular complexity index is 884. The van der Waals surface area contributed by atoms with E-state index in [0.717, 1.165) is 0 Å². The maximum atomic E-state index is 12.5. The van der Waals surface area contributed by atoms with Crippen LogP contribution < -0.4 is 15.5 Å². The summed E-state index contributed by atoms with van der Waals surface area (Å²) >= 11 is 0. The van der Waals surface area contributed by atoms with E-state index in [0.29, 0.717) is 23.8 Å². The van der Waals surface area contributed by atoms with Crippen molar-refractivity contribution in [3.63, 3.8) is 0 Å². The maximum absolute atomic E-state index is 12.5. The zero-order valence-corrected chi connectivity index (χ0v) is 12.5. The lowest BCUT2D eigenvalue weighted by Gasteiger charge is -2.06. The zero-order chi connectivity index (χ0) is 16.2. The van der Waals surface area contributed by atoms with Crippen molar-refractivity contribution in [1.82, 2.24) is 15.3 Å². The summed E-state index contributed by atoms with van der Waals surface area (Å²) in [5, 5.41) is 2.63. The first kappa shape index (κ1) is 14.8. The minimum absolute atomic E-state index is 0.00907. The number of amides is 1. The van der Waals surface area contributed by atoms with Gasteiger partial charge < -0.3 is 19.5 Å². The van der Waals surface area contributed by atoms with Crippen LogP contribution in [0.5, 0.6) is 5.88 Å². The Morgan fingerprint density at radius 3 is 3.00 bits per heavy atom. The molecule has 0 aliphatic carbocycles. The van der Waals surface area contributed by atoms with Crippen LogP contribution in [0.25, 0.3) is 11.0 Å². The lowest BCUT2D eigenvalue weighted by atomic mass is 10.2. The monoisotopic (exact) mass is 313 g/mol. The van der Waals surface area contributed by atoms with E-state index in [1.54, 1.807) is 24.3 Å². The highest BCUT2D eigenvalue weighted by Crippen LogP contribution is 2.12. The van der Waals surface area contributed by atoms with Gasteiger partial charge in [0.2, 0.25) is 11.3 Å². The van der Waals surface area contributed by atoms with Gasteiger partial charge in [-0.15, -0.1) is 0 Å². The Balaban J connectivity index is 1.89. The van der Waals surface area contributed by atoms with Gasteiger partial charge in [-0.3, -0.25) is 9.59 Å². The molecule has 0 radical (unpaired) electrons. The predicted molar refractivity (Wildman–Crippen MR) is 83.4 cm³/mol. The number of hydrogen-bond acceptors (Lipinski definition) is 5. The van der Waals surface area contributed by atoms with Gasteiger partial charge in [0.25, 0.3) is 5.91 Å². The van der Waals surface area contributed by atoms with Crippen LogP contribution in [0.1, 0.15) is 23.0 Å². The van der Waals surface area contributed by atoms with Crippen LogP contribution in [0.15, 0.2) is 45.9 Å². The van der Waals surface area contributed by atoms with E-state index < -0.39 is 11.3 Å². The molecule has 7 nitrogen and oxygen atoms in total. The molecule has 0 atom stereocenters. The number of hydrogen-bond donors (Lipinski definition) is 2. The van der Waals surface area contributed by atoms with Crippen molar-refractivity contribution >= 4 is 16.9 Å². The van der Waals surface area contributed by atoms with E-state index >= 15 is 0 Å². The summed E-state index contributed by atoms with van der Waals surface area (Å²) in [5.41, 5.74) is 0.255. The van der Waals surface area contributed by atoms with E-state index in [9.17, 15) is 9.59 Å². The van der Waals surface area contributed by atoms with E-state index in [-0.39, 0.29) is 17.6 Å². The normalized spacial score (nSPS) is 10.7. The minimum Gasteiger partial charge on any atom is -0.478 e. The number of pyridine rings is 2. The van der Waals surface area contributed by atoms with E-state index in [1.807, 2.05) is 6.92 Å². The molecule has 118 valence electrons. The summed E-state index contributed by atoms with van der Waals surface area (Å²) in [6.45, 7) is 2.48. The standard InChI is InChI=1S/C16H15N3O4/c1-2-22-13-6-5-12-14(19-13)15(20)11(9-17-12)16(21)18-8-10-4-3-7-23-10/h3-7,9H,2,8H2,1H3,(H,17,20)(H,18,21). The van der Waals surface area contributed by atoms with Crippen LogP contribution in [0.3, 0.4) is 0 Å². The molecule has 0 fully saturated rings. The van der Waals surface area contributed by atoms with Gasteiger partial charge in [0, 0.05) is 12.3 Å². The largest absolute Gasteiger partial charge is 0.478 e. The number of carbonyl (C=O) groups is 1. The van der Waals surface area contributed by atoms with Crippen LogP contribution in [-0.2, 0) is 6.54 Å². The van der Waals surface area contributed by atoms with Gasteiger partial charge in [-0.1, -0.05) is 0 Å². The van der Waals surface area contributed by atoms with E-state index in [2.05, 4.69) is 15.3 Å². The molecule has 1 amide bonds. The molecule has 0 saturated heterocycles. The van der Waals surface area contributed by atoms with Crippen molar-refractivity contribution in [1.29, 1.82) is 0 Å². The van der Waals surface area contributed by atoms with Crippen molar-refractivity contribution < 1.29 is 13.9 Å². The van der Waals surface area contributed by atoms with Gasteiger partial charge in [0.1, 0.15) is 16.8 Å². The summed E-state index contributed by atoms with van der Waals surface area (Å²) in [5.74, 6) is 0.458. The number of ether oxygens (including phenoxy) is 1. The number of H-pyrrole nitrogens is 1.